The Bertz CT molecular complexity index is 778. The Morgan fingerprint density at radius 2 is 1.67 bits per heavy atom. The molecule has 0 radical (unpaired) electrons. The van der Waals surface area contributed by atoms with Crippen LogP contribution in [0.1, 0.15) is 16.7 Å². The third kappa shape index (κ3) is 3.00. The monoisotopic (exact) mass is 309 g/mol. The molecule has 0 spiro atoms. The summed E-state index contributed by atoms with van der Waals surface area (Å²) in [6.07, 6.45) is 0. The summed E-state index contributed by atoms with van der Waals surface area (Å²) in [5.41, 5.74) is 1.38. The van der Waals surface area contributed by atoms with E-state index in [0.717, 1.165) is 0 Å². The van der Waals surface area contributed by atoms with Crippen LogP contribution in [0.2, 0.25) is 0 Å². The topological polar surface area (TPSA) is 66.4 Å². The summed E-state index contributed by atoms with van der Waals surface area (Å²) >= 11 is 0. The highest BCUT2D eigenvalue weighted by Gasteiger charge is 2.21. The highest BCUT2D eigenvalue weighted by Crippen LogP contribution is 2.28. The Balaban J connectivity index is 2.51. The third-order valence-electron chi connectivity index (χ3n) is 3.24. The highest BCUT2D eigenvalue weighted by atomic mass is 32.2. The summed E-state index contributed by atoms with van der Waals surface area (Å²) in [7, 11) is -3.86. The number of hydrogen-bond acceptors (Lipinski definition) is 3. The van der Waals surface area contributed by atoms with E-state index in [1.807, 2.05) is 0 Å². The number of phenolic OH excluding ortho intramolecular Hbond substituents is 1. The van der Waals surface area contributed by atoms with Crippen LogP contribution < -0.4 is 4.72 Å². The van der Waals surface area contributed by atoms with E-state index in [1.54, 1.807) is 32.9 Å². The van der Waals surface area contributed by atoms with E-state index in [1.165, 1.54) is 18.2 Å². The largest absolute Gasteiger partial charge is 0.508 e. The van der Waals surface area contributed by atoms with Gasteiger partial charge in [0.05, 0.1) is 10.6 Å². The number of benzene rings is 2. The molecule has 0 aliphatic heterocycles. The highest BCUT2D eigenvalue weighted by molar-refractivity contribution is 7.92. The van der Waals surface area contributed by atoms with Gasteiger partial charge in [0.15, 0.2) is 0 Å². The Labute approximate surface area is 123 Å². The van der Waals surface area contributed by atoms with E-state index in [0.29, 0.717) is 16.7 Å². The van der Waals surface area contributed by atoms with Crippen molar-refractivity contribution in [3.63, 3.8) is 0 Å². The van der Waals surface area contributed by atoms with Gasteiger partial charge in [0, 0.05) is 5.56 Å². The van der Waals surface area contributed by atoms with Gasteiger partial charge in [0.2, 0.25) is 0 Å². The summed E-state index contributed by atoms with van der Waals surface area (Å²) in [5, 5.41) is 9.63. The van der Waals surface area contributed by atoms with Crippen molar-refractivity contribution < 1.29 is 17.9 Å². The van der Waals surface area contributed by atoms with Crippen molar-refractivity contribution >= 4 is 15.7 Å². The molecule has 2 aromatic carbocycles. The number of rotatable bonds is 3. The molecule has 0 heterocycles. The Morgan fingerprint density at radius 1 is 1.10 bits per heavy atom. The lowest BCUT2D eigenvalue weighted by Gasteiger charge is -2.15. The van der Waals surface area contributed by atoms with E-state index in [9.17, 15) is 17.9 Å². The summed E-state index contributed by atoms with van der Waals surface area (Å²) in [6.45, 7) is 4.69. The zero-order chi connectivity index (χ0) is 15.8. The van der Waals surface area contributed by atoms with Crippen LogP contribution in [0.3, 0.4) is 0 Å². The van der Waals surface area contributed by atoms with E-state index >= 15 is 0 Å². The molecule has 21 heavy (non-hydrogen) atoms. The number of hydrogen-bond donors (Lipinski definition) is 2. The van der Waals surface area contributed by atoms with Gasteiger partial charge in [-0.25, -0.2) is 12.8 Å². The van der Waals surface area contributed by atoms with Crippen molar-refractivity contribution in [1.82, 2.24) is 0 Å². The van der Waals surface area contributed by atoms with Crippen LogP contribution in [0.25, 0.3) is 0 Å². The fourth-order valence-corrected chi connectivity index (χ4v) is 3.83. The zero-order valence-electron chi connectivity index (χ0n) is 11.9. The number of sulfonamides is 1. The average Bonchev–Trinajstić information content (AvgIpc) is 2.33. The van der Waals surface area contributed by atoms with Crippen molar-refractivity contribution in [2.24, 2.45) is 0 Å². The van der Waals surface area contributed by atoms with Gasteiger partial charge < -0.3 is 5.11 Å². The standard InChI is InChI=1S/C15H16FNO3S/c1-9-7-12(16)8-10(2)15(9)21(19,20)17-13-5-4-6-14(18)11(13)3/h4-8,17-18H,1-3H3. The normalized spacial score (nSPS) is 11.4. The van der Waals surface area contributed by atoms with Crippen LogP contribution in [-0.4, -0.2) is 13.5 Å². The fraction of sp³-hybridized carbons (Fsp3) is 0.200. The Hall–Kier alpha value is -2.08. The molecule has 0 aromatic heterocycles. The van der Waals surface area contributed by atoms with Crippen LogP contribution in [-0.2, 0) is 10.0 Å². The van der Waals surface area contributed by atoms with Gasteiger partial charge in [-0.3, -0.25) is 4.72 Å². The van der Waals surface area contributed by atoms with E-state index in [-0.39, 0.29) is 16.3 Å². The van der Waals surface area contributed by atoms with E-state index < -0.39 is 15.8 Å². The molecule has 0 aliphatic carbocycles. The maximum atomic E-state index is 13.3. The molecule has 2 N–H and O–H groups in total. The second-order valence-corrected chi connectivity index (χ2v) is 6.54. The number of aryl methyl sites for hydroxylation is 2. The van der Waals surface area contributed by atoms with Gasteiger partial charge in [-0.15, -0.1) is 0 Å². The first kappa shape index (κ1) is 15.3. The van der Waals surface area contributed by atoms with Crippen molar-refractivity contribution in [2.75, 3.05) is 4.72 Å². The first-order chi connectivity index (χ1) is 9.72. The molecule has 0 saturated carbocycles. The van der Waals surface area contributed by atoms with Crippen LogP contribution in [0, 0.1) is 26.6 Å². The second kappa shape index (κ2) is 5.37. The minimum Gasteiger partial charge on any atom is -0.508 e. The molecule has 0 atom stereocenters. The van der Waals surface area contributed by atoms with Gasteiger partial charge in [-0.2, -0.15) is 0 Å². The molecule has 6 heteroatoms. The van der Waals surface area contributed by atoms with Gasteiger partial charge in [0.25, 0.3) is 10.0 Å². The molecule has 0 fully saturated rings. The number of anilines is 1. The zero-order valence-corrected chi connectivity index (χ0v) is 12.8. The predicted octanol–water partition coefficient (Wildman–Crippen LogP) is 3.26. The van der Waals surface area contributed by atoms with Gasteiger partial charge >= 0.3 is 0 Å². The molecule has 0 amide bonds. The summed E-state index contributed by atoms with van der Waals surface area (Å²) in [5.74, 6) is -0.472. The van der Waals surface area contributed by atoms with E-state index in [2.05, 4.69) is 4.72 Å². The van der Waals surface area contributed by atoms with Crippen molar-refractivity contribution in [3.05, 3.63) is 52.8 Å². The lowest BCUT2D eigenvalue weighted by molar-refractivity contribution is 0.471. The molecule has 4 nitrogen and oxygen atoms in total. The molecular weight excluding hydrogens is 293 g/mol. The predicted molar refractivity (Wildman–Crippen MR) is 79.5 cm³/mol. The molecule has 112 valence electrons. The van der Waals surface area contributed by atoms with Crippen molar-refractivity contribution in [2.45, 2.75) is 25.7 Å². The molecule has 0 bridgehead atoms. The van der Waals surface area contributed by atoms with Crippen LogP contribution >= 0.6 is 0 Å². The number of aromatic hydroxyl groups is 1. The molecule has 2 aromatic rings. The van der Waals surface area contributed by atoms with Gasteiger partial charge in [-0.05, 0) is 56.2 Å². The van der Waals surface area contributed by atoms with Crippen LogP contribution in [0.5, 0.6) is 5.75 Å². The summed E-state index contributed by atoms with van der Waals surface area (Å²) < 4.78 is 40.7. The molecule has 0 aliphatic rings. The van der Waals surface area contributed by atoms with Crippen molar-refractivity contribution in [3.8, 4) is 5.75 Å². The summed E-state index contributed by atoms with van der Waals surface area (Å²) in [6, 6.07) is 6.93. The summed E-state index contributed by atoms with van der Waals surface area (Å²) in [4.78, 5) is 0.0478. The minimum atomic E-state index is -3.86. The fourth-order valence-electron chi connectivity index (χ4n) is 2.25. The molecule has 0 saturated heterocycles. The minimum absolute atomic E-state index is 0.00255. The number of halogens is 1. The van der Waals surface area contributed by atoms with E-state index in [4.69, 9.17) is 0 Å². The lowest BCUT2D eigenvalue weighted by atomic mass is 10.1. The lowest BCUT2D eigenvalue weighted by Crippen LogP contribution is -2.16. The van der Waals surface area contributed by atoms with Gasteiger partial charge in [0.1, 0.15) is 11.6 Å². The number of phenols is 1. The molecule has 2 rings (SSSR count). The van der Waals surface area contributed by atoms with Crippen molar-refractivity contribution in [1.29, 1.82) is 0 Å². The SMILES string of the molecule is Cc1cc(F)cc(C)c1S(=O)(=O)Nc1cccc(O)c1C. The maximum absolute atomic E-state index is 13.3. The Morgan fingerprint density at radius 3 is 2.24 bits per heavy atom. The second-order valence-electron chi connectivity index (χ2n) is 4.92. The quantitative estimate of drug-likeness (QED) is 0.914. The smallest absolute Gasteiger partial charge is 0.262 e. The first-order valence-electron chi connectivity index (χ1n) is 6.30. The van der Waals surface area contributed by atoms with Crippen LogP contribution in [0.15, 0.2) is 35.2 Å². The average molecular weight is 309 g/mol. The van der Waals surface area contributed by atoms with Gasteiger partial charge in [-0.1, -0.05) is 6.07 Å². The first-order valence-corrected chi connectivity index (χ1v) is 7.79. The van der Waals surface area contributed by atoms with Crippen LogP contribution in [0.4, 0.5) is 10.1 Å². The Kier molecular flexibility index (Phi) is 3.91. The molecule has 0 unspecified atom stereocenters. The molecular formula is C15H16FNO3S. The number of nitrogens with one attached hydrogen (secondary N) is 1. The maximum Gasteiger partial charge on any atom is 0.262 e. The third-order valence-corrected chi connectivity index (χ3v) is 4.91.